The summed E-state index contributed by atoms with van der Waals surface area (Å²) in [5.41, 5.74) is 2.18. The number of nitrogens with zero attached hydrogens (tertiary/aromatic N) is 4. The zero-order valence-corrected chi connectivity index (χ0v) is 20.5. The summed E-state index contributed by atoms with van der Waals surface area (Å²) >= 11 is 0. The fourth-order valence-electron chi connectivity index (χ4n) is 3.75. The molecule has 2 aromatic heterocycles. The number of urea groups is 2. The molecule has 0 bridgehead atoms. The predicted molar refractivity (Wildman–Crippen MR) is 133 cm³/mol. The van der Waals surface area contributed by atoms with Crippen molar-refractivity contribution in [1.82, 2.24) is 9.97 Å². The van der Waals surface area contributed by atoms with E-state index in [0.29, 0.717) is 23.0 Å². The van der Waals surface area contributed by atoms with E-state index >= 15 is 0 Å². The van der Waals surface area contributed by atoms with Gasteiger partial charge < -0.3 is 15.1 Å². The number of pyridine rings is 1. The zero-order chi connectivity index (χ0) is 25.5. The second-order valence-corrected chi connectivity index (χ2v) is 9.35. The number of aryl methyl sites for hydroxylation is 1. The van der Waals surface area contributed by atoms with Crippen LogP contribution in [0.4, 0.5) is 42.7 Å². The van der Waals surface area contributed by atoms with E-state index in [1.165, 1.54) is 28.1 Å². The Balaban J connectivity index is 1.57. The standard InChI is InChI=1S/C24H28FN7O3/c1-13-7-15(25)16(29-22(33)30-20-11-28-21(35-20)24(2,3)4)8-17(13)32-12-14-10-27-19(26-5)9-18(14)31(6)23(32)34/h7-11H,12H2,1-6H3,(H,26,27)(H2,29,30,33). The van der Waals surface area contributed by atoms with Crippen molar-refractivity contribution in [1.29, 1.82) is 0 Å². The molecule has 1 aliphatic rings. The molecule has 1 aromatic carbocycles. The molecule has 35 heavy (non-hydrogen) atoms. The monoisotopic (exact) mass is 481 g/mol. The highest BCUT2D eigenvalue weighted by Gasteiger charge is 2.31. The van der Waals surface area contributed by atoms with Crippen LogP contribution in [0.2, 0.25) is 0 Å². The smallest absolute Gasteiger partial charge is 0.329 e. The van der Waals surface area contributed by atoms with E-state index in [1.807, 2.05) is 20.8 Å². The number of halogens is 1. The summed E-state index contributed by atoms with van der Waals surface area (Å²) in [6, 6.07) is 3.53. The Morgan fingerprint density at radius 2 is 1.86 bits per heavy atom. The highest BCUT2D eigenvalue weighted by molar-refractivity contribution is 6.07. The highest BCUT2D eigenvalue weighted by Crippen LogP contribution is 2.35. The van der Waals surface area contributed by atoms with E-state index in [0.717, 1.165) is 11.3 Å². The van der Waals surface area contributed by atoms with Gasteiger partial charge in [-0.05, 0) is 24.6 Å². The maximum absolute atomic E-state index is 14.7. The molecule has 1 aliphatic heterocycles. The Morgan fingerprint density at radius 1 is 1.11 bits per heavy atom. The summed E-state index contributed by atoms with van der Waals surface area (Å²) < 4.78 is 20.3. The molecule has 3 N–H and O–H groups in total. The summed E-state index contributed by atoms with van der Waals surface area (Å²) in [6.45, 7) is 7.75. The molecule has 0 atom stereocenters. The topological polar surface area (TPSA) is 116 Å². The number of hydrogen-bond donors (Lipinski definition) is 3. The van der Waals surface area contributed by atoms with Crippen molar-refractivity contribution in [2.24, 2.45) is 0 Å². The molecule has 0 saturated heterocycles. The average Bonchev–Trinajstić information content (AvgIpc) is 3.27. The molecule has 0 unspecified atom stereocenters. The third-order valence-electron chi connectivity index (χ3n) is 5.63. The molecule has 184 valence electrons. The maximum atomic E-state index is 14.7. The number of hydrogen-bond acceptors (Lipinski definition) is 6. The molecule has 3 heterocycles. The minimum atomic E-state index is -0.702. The van der Waals surface area contributed by atoms with Crippen molar-refractivity contribution in [3.63, 3.8) is 0 Å². The Labute approximate surface area is 202 Å². The first kappa shape index (κ1) is 24.0. The number of rotatable bonds is 4. The van der Waals surface area contributed by atoms with Gasteiger partial charge in [0.25, 0.3) is 0 Å². The van der Waals surface area contributed by atoms with Crippen LogP contribution in [0.1, 0.15) is 37.8 Å². The zero-order valence-electron chi connectivity index (χ0n) is 20.5. The Bertz CT molecular complexity index is 1300. The van der Waals surface area contributed by atoms with E-state index in [1.54, 1.807) is 33.3 Å². The molecule has 10 nitrogen and oxygen atoms in total. The van der Waals surface area contributed by atoms with Crippen LogP contribution in [-0.4, -0.2) is 36.1 Å². The molecule has 4 amide bonds. The lowest BCUT2D eigenvalue weighted by Crippen LogP contribution is -2.45. The van der Waals surface area contributed by atoms with E-state index in [4.69, 9.17) is 4.42 Å². The number of benzene rings is 1. The molecule has 11 heteroatoms. The lowest BCUT2D eigenvalue weighted by Gasteiger charge is -2.35. The second-order valence-electron chi connectivity index (χ2n) is 9.35. The summed E-state index contributed by atoms with van der Waals surface area (Å²) in [5, 5.41) is 7.96. The van der Waals surface area contributed by atoms with E-state index in [-0.39, 0.29) is 29.6 Å². The molecule has 0 aliphatic carbocycles. The van der Waals surface area contributed by atoms with Crippen LogP contribution in [-0.2, 0) is 12.0 Å². The molecule has 0 spiro atoms. The van der Waals surface area contributed by atoms with Crippen LogP contribution in [0.3, 0.4) is 0 Å². The largest absolute Gasteiger partial charge is 0.424 e. The van der Waals surface area contributed by atoms with Crippen molar-refractivity contribution in [3.05, 3.63) is 53.4 Å². The van der Waals surface area contributed by atoms with Crippen molar-refractivity contribution >= 4 is 40.8 Å². The van der Waals surface area contributed by atoms with Crippen LogP contribution >= 0.6 is 0 Å². The van der Waals surface area contributed by atoms with Gasteiger partial charge in [0.05, 0.1) is 29.8 Å². The number of aromatic nitrogens is 2. The van der Waals surface area contributed by atoms with E-state index < -0.39 is 11.8 Å². The third kappa shape index (κ3) is 4.75. The fraction of sp³-hybridized carbons (Fsp3) is 0.333. The van der Waals surface area contributed by atoms with Crippen LogP contribution < -0.4 is 25.8 Å². The first-order chi connectivity index (χ1) is 16.5. The van der Waals surface area contributed by atoms with Gasteiger partial charge in [-0.2, -0.15) is 0 Å². The Hall–Kier alpha value is -4.15. The molecule has 0 fully saturated rings. The lowest BCUT2D eigenvalue weighted by atomic mass is 9.97. The van der Waals surface area contributed by atoms with Gasteiger partial charge in [-0.25, -0.2) is 23.9 Å². The number of carbonyl (C=O) groups is 2. The molecule has 3 aromatic rings. The third-order valence-corrected chi connectivity index (χ3v) is 5.63. The summed E-state index contributed by atoms with van der Waals surface area (Å²) in [5.74, 6) is 0.612. The summed E-state index contributed by atoms with van der Waals surface area (Å²) in [6.07, 6.45) is 3.09. The highest BCUT2D eigenvalue weighted by atomic mass is 19.1. The Kier molecular flexibility index (Phi) is 6.10. The van der Waals surface area contributed by atoms with Crippen LogP contribution in [0.15, 0.2) is 35.0 Å². The molecule has 4 rings (SSSR count). The van der Waals surface area contributed by atoms with Gasteiger partial charge in [0.1, 0.15) is 11.6 Å². The van der Waals surface area contributed by atoms with Crippen molar-refractivity contribution < 1.29 is 18.4 Å². The minimum absolute atomic E-state index is 0.0800. The van der Waals surface area contributed by atoms with Gasteiger partial charge in [0, 0.05) is 37.3 Å². The van der Waals surface area contributed by atoms with Crippen molar-refractivity contribution in [2.45, 2.75) is 39.7 Å². The Morgan fingerprint density at radius 3 is 2.51 bits per heavy atom. The first-order valence-corrected chi connectivity index (χ1v) is 11.0. The summed E-state index contributed by atoms with van der Waals surface area (Å²) in [4.78, 5) is 37.2. The molecule has 0 radical (unpaired) electrons. The van der Waals surface area contributed by atoms with Crippen LogP contribution in [0, 0.1) is 12.7 Å². The molecule has 0 saturated carbocycles. The van der Waals surface area contributed by atoms with Gasteiger partial charge in [0.15, 0.2) is 0 Å². The summed E-state index contributed by atoms with van der Waals surface area (Å²) in [7, 11) is 3.42. The van der Waals surface area contributed by atoms with Crippen LogP contribution in [0.5, 0.6) is 0 Å². The number of amides is 4. The second kappa shape index (κ2) is 8.90. The number of fused-ring (bicyclic) bond motifs is 1. The van der Waals surface area contributed by atoms with Crippen LogP contribution in [0.25, 0.3) is 0 Å². The first-order valence-electron chi connectivity index (χ1n) is 11.0. The van der Waals surface area contributed by atoms with E-state index in [2.05, 4.69) is 25.9 Å². The molecular weight excluding hydrogens is 453 g/mol. The fourth-order valence-corrected chi connectivity index (χ4v) is 3.75. The minimum Gasteiger partial charge on any atom is -0.424 e. The van der Waals surface area contributed by atoms with Crippen molar-refractivity contribution in [3.8, 4) is 0 Å². The SMILES string of the molecule is CNc1cc2c(cn1)CN(c1cc(NC(=O)Nc3cnc(C(C)(C)C)o3)c(F)cc1C)C(=O)N2C. The molecular formula is C24H28FN7O3. The van der Waals surface area contributed by atoms with Crippen molar-refractivity contribution in [2.75, 3.05) is 39.8 Å². The van der Waals surface area contributed by atoms with Gasteiger partial charge in [-0.3, -0.25) is 15.1 Å². The number of nitrogens with one attached hydrogen (secondary N) is 3. The van der Waals surface area contributed by atoms with Gasteiger partial charge in [-0.15, -0.1) is 0 Å². The quantitative estimate of drug-likeness (QED) is 0.479. The predicted octanol–water partition coefficient (Wildman–Crippen LogP) is 5.08. The lowest BCUT2D eigenvalue weighted by molar-refractivity contribution is 0.251. The van der Waals surface area contributed by atoms with Gasteiger partial charge in [-0.1, -0.05) is 20.8 Å². The number of carbonyl (C=O) groups excluding carboxylic acids is 2. The van der Waals surface area contributed by atoms with E-state index in [9.17, 15) is 14.0 Å². The average molecular weight is 482 g/mol. The van der Waals surface area contributed by atoms with Gasteiger partial charge in [0.2, 0.25) is 11.8 Å². The number of oxazole rings is 1. The van der Waals surface area contributed by atoms with Gasteiger partial charge >= 0.3 is 12.1 Å². The maximum Gasteiger partial charge on any atom is 0.329 e. The number of anilines is 5. The normalized spacial score (nSPS) is 13.5.